The number of anilines is 2. The molecule has 2 aromatic carbocycles. The quantitative estimate of drug-likeness (QED) is 0.658. The lowest BCUT2D eigenvalue weighted by Crippen LogP contribution is -2.42. The third kappa shape index (κ3) is 5.11. The van der Waals surface area contributed by atoms with Crippen molar-refractivity contribution < 1.29 is 14.7 Å². The number of para-hydroxylation sites is 1. The number of hydrogen-bond donors (Lipinski definition) is 3. The maximum absolute atomic E-state index is 12.8. The van der Waals surface area contributed by atoms with Crippen molar-refractivity contribution in [3.05, 3.63) is 58.1 Å². The Labute approximate surface area is 173 Å². The molecule has 1 aliphatic rings. The number of aliphatic hydroxyl groups excluding tert-OH is 1. The van der Waals surface area contributed by atoms with Gasteiger partial charge in [-0.15, -0.1) is 0 Å². The number of aliphatic hydroxyl groups is 1. The molecule has 1 unspecified atom stereocenters. The number of amides is 2. The summed E-state index contributed by atoms with van der Waals surface area (Å²) >= 11 is 3.45. The molecule has 1 saturated heterocycles. The normalized spacial score (nSPS) is 16.5. The summed E-state index contributed by atoms with van der Waals surface area (Å²) in [5, 5.41) is 15.7. The zero-order valence-corrected chi connectivity index (χ0v) is 17.3. The van der Waals surface area contributed by atoms with E-state index in [0.29, 0.717) is 30.0 Å². The first-order valence-corrected chi connectivity index (χ1v) is 10.1. The summed E-state index contributed by atoms with van der Waals surface area (Å²) in [7, 11) is 0. The van der Waals surface area contributed by atoms with E-state index in [-0.39, 0.29) is 18.4 Å². The van der Waals surface area contributed by atoms with Gasteiger partial charge >= 0.3 is 0 Å². The maximum atomic E-state index is 12.8. The van der Waals surface area contributed by atoms with Crippen molar-refractivity contribution in [1.82, 2.24) is 4.90 Å². The minimum absolute atomic E-state index is 0.0350. The predicted octanol–water partition coefficient (Wildman–Crippen LogP) is 3.41. The van der Waals surface area contributed by atoms with Gasteiger partial charge in [-0.2, -0.15) is 0 Å². The molecule has 7 heteroatoms. The summed E-state index contributed by atoms with van der Waals surface area (Å²) in [6.07, 6.45) is 1.03. The van der Waals surface area contributed by atoms with E-state index in [1.807, 2.05) is 31.2 Å². The first kappa shape index (κ1) is 20.4. The van der Waals surface area contributed by atoms with Crippen LogP contribution in [0.15, 0.2) is 46.9 Å². The molecule has 1 fully saturated rings. The molecule has 3 rings (SSSR count). The number of carbonyl (C=O) groups is 2. The number of rotatable bonds is 5. The van der Waals surface area contributed by atoms with Crippen LogP contribution in [-0.2, 0) is 4.79 Å². The zero-order valence-electron chi connectivity index (χ0n) is 15.7. The van der Waals surface area contributed by atoms with Crippen molar-refractivity contribution in [2.24, 2.45) is 0 Å². The highest BCUT2D eigenvalue weighted by atomic mass is 79.9. The van der Waals surface area contributed by atoms with Gasteiger partial charge < -0.3 is 20.6 Å². The third-order valence-corrected chi connectivity index (χ3v) is 5.34. The Morgan fingerprint density at radius 3 is 2.75 bits per heavy atom. The Kier molecular flexibility index (Phi) is 6.70. The van der Waals surface area contributed by atoms with E-state index >= 15 is 0 Å². The number of likely N-dealkylation sites (tertiary alicyclic amines) is 1. The summed E-state index contributed by atoms with van der Waals surface area (Å²) in [5.74, 6) is -0.344. The maximum Gasteiger partial charge on any atom is 0.256 e. The van der Waals surface area contributed by atoms with Crippen LogP contribution in [0.5, 0.6) is 0 Å². The van der Waals surface area contributed by atoms with Crippen LogP contribution in [0.1, 0.15) is 28.8 Å². The number of nitrogens with one attached hydrogen (secondary N) is 2. The molecule has 1 atom stereocenters. The van der Waals surface area contributed by atoms with Gasteiger partial charge in [-0.25, -0.2) is 0 Å². The van der Waals surface area contributed by atoms with E-state index in [9.17, 15) is 14.7 Å². The van der Waals surface area contributed by atoms with Crippen LogP contribution in [0.3, 0.4) is 0 Å². The van der Waals surface area contributed by atoms with Gasteiger partial charge in [0.15, 0.2) is 0 Å². The average molecular weight is 446 g/mol. The minimum Gasteiger partial charge on any atom is -0.391 e. The molecule has 1 aliphatic heterocycles. The van der Waals surface area contributed by atoms with Crippen LogP contribution in [0.25, 0.3) is 0 Å². The Balaban J connectivity index is 1.64. The first-order chi connectivity index (χ1) is 13.4. The number of piperidine rings is 1. The fourth-order valence-electron chi connectivity index (χ4n) is 3.22. The smallest absolute Gasteiger partial charge is 0.256 e. The Bertz CT molecular complexity index is 872. The lowest BCUT2D eigenvalue weighted by Gasteiger charge is -2.30. The van der Waals surface area contributed by atoms with Gasteiger partial charge in [0.05, 0.1) is 23.9 Å². The second-order valence-corrected chi connectivity index (χ2v) is 7.83. The molecule has 0 spiro atoms. The van der Waals surface area contributed by atoms with E-state index in [1.54, 1.807) is 23.1 Å². The first-order valence-electron chi connectivity index (χ1n) is 9.30. The summed E-state index contributed by atoms with van der Waals surface area (Å²) < 4.78 is 0.820. The van der Waals surface area contributed by atoms with Crippen LogP contribution in [0.2, 0.25) is 0 Å². The van der Waals surface area contributed by atoms with Crippen molar-refractivity contribution in [2.75, 3.05) is 30.3 Å². The van der Waals surface area contributed by atoms with Crippen LogP contribution in [0.4, 0.5) is 11.4 Å². The summed E-state index contributed by atoms with van der Waals surface area (Å²) in [6, 6.07) is 12.8. The van der Waals surface area contributed by atoms with Crippen molar-refractivity contribution in [1.29, 1.82) is 0 Å². The molecule has 6 nitrogen and oxygen atoms in total. The van der Waals surface area contributed by atoms with Gasteiger partial charge in [0, 0.05) is 23.2 Å². The fraction of sp³-hybridized carbons (Fsp3) is 0.333. The van der Waals surface area contributed by atoms with Crippen LogP contribution in [0, 0.1) is 6.92 Å². The largest absolute Gasteiger partial charge is 0.391 e. The lowest BCUT2D eigenvalue weighted by atomic mass is 10.1. The average Bonchev–Trinajstić information content (AvgIpc) is 2.68. The fourth-order valence-corrected chi connectivity index (χ4v) is 3.82. The predicted molar refractivity (Wildman–Crippen MR) is 114 cm³/mol. The molecule has 0 aliphatic carbocycles. The van der Waals surface area contributed by atoms with Gasteiger partial charge in [0.1, 0.15) is 0 Å². The highest BCUT2D eigenvalue weighted by Crippen LogP contribution is 2.24. The van der Waals surface area contributed by atoms with Crippen molar-refractivity contribution in [3.63, 3.8) is 0 Å². The topological polar surface area (TPSA) is 81.7 Å². The molecule has 0 saturated carbocycles. The SMILES string of the molecule is Cc1ccc(NC(=O)CNc2ccccc2C(=O)N2CCCC(O)C2)c(Br)c1. The summed E-state index contributed by atoms with van der Waals surface area (Å²) in [4.78, 5) is 26.8. The minimum atomic E-state index is -0.475. The number of nitrogens with zero attached hydrogens (tertiary/aromatic N) is 1. The van der Waals surface area contributed by atoms with E-state index < -0.39 is 6.10 Å². The zero-order chi connectivity index (χ0) is 20.1. The van der Waals surface area contributed by atoms with Crippen molar-refractivity contribution in [3.8, 4) is 0 Å². The molecule has 1 heterocycles. The van der Waals surface area contributed by atoms with Crippen LogP contribution in [-0.4, -0.2) is 47.6 Å². The molecular weight excluding hydrogens is 422 g/mol. The molecule has 148 valence electrons. The lowest BCUT2D eigenvalue weighted by molar-refractivity contribution is -0.114. The molecule has 2 aromatic rings. The third-order valence-electron chi connectivity index (χ3n) is 4.68. The Morgan fingerprint density at radius 1 is 1.21 bits per heavy atom. The number of halogens is 1. The monoisotopic (exact) mass is 445 g/mol. The van der Waals surface area contributed by atoms with Crippen molar-refractivity contribution >= 4 is 39.1 Å². The van der Waals surface area contributed by atoms with Gasteiger partial charge in [0.2, 0.25) is 5.91 Å². The van der Waals surface area contributed by atoms with Gasteiger partial charge in [0.25, 0.3) is 5.91 Å². The number of benzene rings is 2. The van der Waals surface area contributed by atoms with Crippen molar-refractivity contribution in [2.45, 2.75) is 25.9 Å². The van der Waals surface area contributed by atoms with Crippen LogP contribution >= 0.6 is 15.9 Å². The molecule has 0 aromatic heterocycles. The van der Waals surface area contributed by atoms with E-state index in [1.165, 1.54) is 0 Å². The standard InChI is InChI=1S/C21H24BrN3O3/c1-14-8-9-19(17(22)11-14)24-20(27)12-23-18-7-3-2-6-16(18)21(28)25-10-4-5-15(26)13-25/h2-3,6-9,11,15,23,26H,4-5,10,12-13H2,1H3,(H,24,27). The molecule has 28 heavy (non-hydrogen) atoms. The molecular formula is C21H24BrN3O3. The second-order valence-electron chi connectivity index (χ2n) is 6.98. The van der Waals surface area contributed by atoms with Gasteiger partial charge in [-0.1, -0.05) is 18.2 Å². The second kappa shape index (κ2) is 9.21. The summed E-state index contributed by atoms with van der Waals surface area (Å²) in [5.41, 5.74) is 2.90. The van der Waals surface area contributed by atoms with Gasteiger partial charge in [-0.05, 0) is 65.5 Å². The van der Waals surface area contributed by atoms with E-state index in [0.717, 1.165) is 22.9 Å². The number of aryl methyl sites for hydroxylation is 1. The Morgan fingerprint density at radius 2 is 2.00 bits per heavy atom. The number of hydrogen-bond acceptors (Lipinski definition) is 4. The van der Waals surface area contributed by atoms with Gasteiger partial charge in [-0.3, -0.25) is 9.59 Å². The van der Waals surface area contributed by atoms with E-state index in [4.69, 9.17) is 0 Å². The Hall–Kier alpha value is -2.38. The number of carbonyl (C=O) groups excluding carboxylic acids is 2. The molecule has 2 amide bonds. The highest BCUT2D eigenvalue weighted by Gasteiger charge is 2.24. The molecule has 0 radical (unpaired) electrons. The molecule has 0 bridgehead atoms. The summed E-state index contributed by atoms with van der Waals surface area (Å²) in [6.45, 7) is 2.99. The van der Waals surface area contributed by atoms with E-state index in [2.05, 4.69) is 26.6 Å². The van der Waals surface area contributed by atoms with Crippen LogP contribution < -0.4 is 10.6 Å². The highest BCUT2D eigenvalue weighted by molar-refractivity contribution is 9.10. The molecule has 3 N–H and O–H groups in total. The number of β-amino-alcohol motifs (C(OH)–C–C–N with tert-alkyl or cyclic N) is 1.